The molecule has 0 unspecified atom stereocenters. The number of aryl methyl sites for hydroxylation is 1. The molecule has 1 aromatic heterocycles. The number of piperazine rings is 1. The molecule has 0 aliphatic carbocycles. The average Bonchev–Trinajstić information content (AvgIpc) is 3.20. The van der Waals surface area contributed by atoms with Gasteiger partial charge in [-0.3, -0.25) is 4.79 Å². The van der Waals surface area contributed by atoms with Crippen molar-refractivity contribution in [2.75, 3.05) is 31.1 Å². The Kier molecular flexibility index (Phi) is 5.12. The molecule has 0 N–H and O–H groups in total. The molecule has 6 heteroatoms. The molecule has 156 valence electrons. The number of aromatic nitrogens is 2. The molecule has 1 aliphatic rings. The fourth-order valence-corrected chi connectivity index (χ4v) is 4.44. The molecule has 5 rings (SSSR count). The van der Waals surface area contributed by atoms with Crippen molar-refractivity contribution in [2.45, 2.75) is 6.92 Å². The fourth-order valence-electron chi connectivity index (χ4n) is 4.25. The van der Waals surface area contributed by atoms with Gasteiger partial charge in [0.1, 0.15) is 5.69 Å². The van der Waals surface area contributed by atoms with E-state index in [0.29, 0.717) is 23.8 Å². The Bertz CT molecular complexity index is 1250. The van der Waals surface area contributed by atoms with E-state index in [-0.39, 0.29) is 5.91 Å². The maximum atomic E-state index is 13.4. The number of halogens is 1. The molecule has 3 aromatic carbocycles. The van der Waals surface area contributed by atoms with E-state index < -0.39 is 0 Å². The summed E-state index contributed by atoms with van der Waals surface area (Å²) in [6.07, 6.45) is 0. The molecule has 0 saturated carbocycles. The quantitative estimate of drug-likeness (QED) is 0.461. The van der Waals surface area contributed by atoms with E-state index in [1.165, 1.54) is 16.5 Å². The first kappa shape index (κ1) is 19.6. The summed E-state index contributed by atoms with van der Waals surface area (Å²) in [6, 6.07) is 24.1. The molecule has 4 aromatic rings. The Labute approximate surface area is 186 Å². The van der Waals surface area contributed by atoms with Crippen molar-refractivity contribution in [3.8, 4) is 5.69 Å². The number of amides is 1. The van der Waals surface area contributed by atoms with Gasteiger partial charge in [-0.05, 0) is 42.6 Å². The van der Waals surface area contributed by atoms with Crippen LogP contribution in [-0.2, 0) is 0 Å². The first-order valence-corrected chi connectivity index (χ1v) is 10.8. The van der Waals surface area contributed by atoms with Crippen molar-refractivity contribution in [1.29, 1.82) is 0 Å². The lowest BCUT2D eigenvalue weighted by Crippen LogP contribution is -2.49. The van der Waals surface area contributed by atoms with Crippen LogP contribution >= 0.6 is 11.6 Å². The number of nitrogens with zero attached hydrogens (tertiary/aromatic N) is 4. The molecular weight excluding hydrogens is 408 g/mol. The monoisotopic (exact) mass is 430 g/mol. The van der Waals surface area contributed by atoms with E-state index in [1.807, 2.05) is 42.2 Å². The summed E-state index contributed by atoms with van der Waals surface area (Å²) in [4.78, 5) is 17.6. The maximum absolute atomic E-state index is 13.4. The smallest absolute Gasteiger partial charge is 0.272 e. The molecule has 1 aliphatic heterocycles. The zero-order valence-corrected chi connectivity index (χ0v) is 18.1. The van der Waals surface area contributed by atoms with Gasteiger partial charge in [-0.1, -0.05) is 54.1 Å². The first-order chi connectivity index (χ1) is 15.1. The van der Waals surface area contributed by atoms with Crippen molar-refractivity contribution in [1.82, 2.24) is 14.7 Å². The van der Waals surface area contributed by atoms with Crippen LogP contribution in [-0.4, -0.2) is 46.8 Å². The number of hydrogen-bond donors (Lipinski definition) is 0. The minimum atomic E-state index is -0.00172. The Morgan fingerprint density at radius 3 is 2.45 bits per heavy atom. The van der Waals surface area contributed by atoms with E-state index in [1.54, 1.807) is 4.68 Å². The normalized spacial score (nSPS) is 14.3. The molecule has 0 spiro atoms. The highest BCUT2D eigenvalue weighted by Crippen LogP contribution is 2.28. The van der Waals surface area contributed by atoms with Crippen molar-refractivity contribution in [3.63, 3.8) is 0 Å². The summed E-state index contributed by atoms with van der Waals surface area (Å²) in [5, 5.41) is 7.64. The number of carbonyl (C=O) groups is 1. The molecule has 1 fully saturated rings. The molecular formula is C25H23ClN4O. The zero-order chi connectivity index (χ0) is 21.4. The predicted molar refractivity (Wildman–Crippen MR) is 125 cm³/mol. The third-order valence-electron chi connectivity index (χ3n) is 5.78. The van der Waals surface area contributed by atoms with Crippen molar-refractivity contribution in [2.24, 2.45) is 0 Å². The minimum Gasteiger partial charge on any atom is -0.367 e. The molecule has 5 nitrogen and oxygen atoms in total. The third kappa shape index (κ3) is 3.77. The van der Waals surface area contributed by atoms with Crippen LogP contribution in [0.5, 0.6) is 0 Å². The standard InChI is InChI=1S/C25H23ClN4O/c1-18-16-24(30(27-18)21-9-5-8-20(26)17-21)25(31)29-14-12-28(13-15-29)23-11-4-7-19-6-2-3-10-22(19)23/h2-11,16-17H,12-15H2,1H3. The SMILES string of the molecule is Cc1cc(C(=O)N2CCN(c3cccc4ccccc34)CC2)n(-c2cccc(Cl)c2)n1. The lowest BCUT2D eigenvalue weighted by molar-refractivity contribution is 0.0737. The minimum absolute atomic E-state index is 0.00172. The van der Waals surface area contributed by atoms with E-state index in [0.717, 1.165) is 24.5 Å². The second kappa shape index (κ2) is 8.08. The van der Waals surface area contributed by atoms with Crippen LogP contribution in [0.4, 0.5) is 5.69 Å². The second-order valence-electron chi connectivity index (χ2n) is 7.84. The van der Waals surface area contributed by atoms with Crippen LogP contribution in [0.1, 0.15) is 16.2 Å². The van der Waals surface area contributed by atoms with Gasteiger partial charge < -0.3 is 9.80 Å². The number of rotatable bonds is 3. The highest BCUT2D eigenvalue weighted by atomic mass is 35.5. The summed E-state index contributed by atoms with van der Waals surface area (Å²) in [7, 11) is 0. The number of anilines is 1. The molecule has 31 heavy (non-hydrogen) atoms. The van der Waals surface area contributed by atoms with Gasteiger partial charge in [0, 0.05) is 42.3 Å². The van der Waals surface area contributed by atoms with E-state index in [9.17, 15) is 4.79 Å². The Balaban J connectivity index is 1.36. The van der Waals surface area contributed by atoms with Gasteiger partial charge in [-0.2, -0.15) is 5.10 Å². The number of hydrogen-bond acceptors (Lipinski definition) is 3. The molecule has 1 saturated heterocycles. The third-order valence-corrected chi connectivity index (χ3v) is 6.01. The summed E-state index contributed by atoms with van der Waals surface area (Å²) in [6.45, 7) is 4.83. The molecule has 2 heterocycles. The average molecular weight is 431 g/mol. The molecule has 0 radical (unpaired) electrons. The van der Waals surface area contributed by atoms with Gasteiger partial charge in [-0.25, -0.2) is 4.68 Å². The predicted octanol–water partition coefficient (Wildman–Crippen LogP) is 4.95. The van der Waals surface area contributed by atoms with Gasteiger partial charge in [0.15, 0.2) is 0 Å². The number of fused-ring (bicyclic) bond motifs is 1. The van der Waals surface area contributed by atoms with E-state index >= 15 is 0 Å². The van der Waals surface area contributed by atoms with Crippen LogP contribution in [0.2, 0.25) is 5.02 Å². The molecule has 0 atom stereocenters. The number of benzene rings is 3. The van der Waals surface area contributed by atoms with E-state index in [2.05, 4.69) is 52.5 Å². The van der Waals surface area contributed by atoms with Crippen LogP contribution < -0.4 is 4.90 Å². The summed E-state index contributed by atoms with van der Waals surface area (Å²) >= 11 is 6.16. The van der Waals surface area contributed by atoms with Gasteiger partial charge in [-0.15, -0.1) is 0 Å². The van der Waals surface area contributed by atoms with Crippen LogP contribution in [0.15, 0.2) is 72.8 Å². The Morgan fingerprint density at radius 1 is 0.903 bits per heavy atom. The van der Waals surface area contributed by atoms with Crippen LogP contribution in [0.25, 0.3) is 16.5 Å². The zero-order valence-electron chi connectivity index (χ0n) is 17.3. The number of carbonyl (C=O) groups excluding carboxylic acids is 1. The Hall–Kier alpha value is -3.31. The van der Waals surface area contributed by atoms with Crippen molar-refractivity contribution in [3.05, 3.63) is 89.2 Å². The van der Waals surface area contributed by atoms with Gasteiger partial charge in [0.25, 0.3) is 5.91 Å². The lowest BCUT2D eigenvalue weighted by atomic mass is 10.1. The van der Waals surface area contributed by atoms with E-state index in [4.69, 9.17) is 11.6 Å². The Morgan fingerprint density at radius 2 is 1.65 bits per heavy atom. The molecule has 1 amide bonds. The second-order valence-corrected chi connectivity index (χ2v) is 8.28. The van der Waals surface area contributed by atoms with Crippen molar-refractivity contribution < 1.29 is 4.79 Å². The summed E-state index contributed by atoms with van der Waals surface area (Å²) in [5.74, 6) is -0.00172. The summed E-state index contributed by atoms with van der Waals surface area (Å²) < 4.78 is 1.70. The van der Waals surface area contributed by atoms with Crippen molar-refractivity contribution >= 4 is 34.0 Å². The molecule has 0 bridgehead atoms. The topological polar surface area (TPSA) is 41.4 Å². The fraction of sp³-hybridized carbons (Fsp3) is 0.200. The lowest BCUT2D eigenvalue weighted by Gasteiger charge is -2.36. The van der Waals surface area contributed by atoms with Gasteiger partial charge in [0.05, 0.1) is 11.4 Å². The highest BCUT2D eigenvalue weighted by molar-refractivity contribution is 6.30. The van der Waals surface area contributed by atoms with Gasteiger partial charge in [0.2, 0.25) is 0 Å². The largest absolute Gasteiger partial charge is 0.367 e. The van der Waals surface area contributed by atoms with Crippen LogP contribution in [0, 0.1) is 6.92 Å². The van der Waals surface area contributed by atoms with Gasteiger partial charge >= 0.3 is 0 Å². The highest BCUT2D eigenvalue weighted by Gasteiger charge is 2.26. The maximum Gasteiger partial charge on any atom is 0.272 e. The first-order valence-electron chi connectivity index (χ1n) is 10.4. The van der Waals surface area contributed by atoms with Crippen LogP contribution in [0.3, 0.4) is 0 Å². The summed E-state index contributed by atoms with van der Waals surface area (Å²) in [5.41, 5.74) is 3.39.